The van der Waals surface area contributed by atoms with Gasteiger partial charge in [-0.2, -0.15) is 0 Å². The Balaban J connectivity index is 1.96. The highest BCUT2D eigenvalue weighted by Crippen LogP contribution is 2.36. The van der Waals surface area contributed by atoms with E-state index in [-0.39, 0.29) is 12.5 Å². The minimum atomic E-state index is -4.15. The SMILES string of the molecule is COP(=O)([O-])OCCCCc1cn(CCOCCOCCC(=O)NCCC[Si](C)(C)O)nn1. The zero-order chi connectivity index (χ0) is 24.6. The lowest BCUT2D eigenvalue weighted by molar-refractivity contribution is -0.223. The molecule has 2 N–H and O–H groups in total. The predicted molar refractivity (Wildman–Crippen MR) is 122 cm³/mol. The van der Waals surface area contributed by atoms with Crippen LogP contribution < -0.4 is 10.2 Å². The predicted octanol–water partition coefficient (Wildman–Crippen LogP) is 0.859. The van der Waals surface area contributed by atoms with Gasteiger partial charge in [-0.3, -0.25) is 9.36 Å². The second-order valence-electron chi connectivity index (χ2n) is 8.13. The van der Waals surface area contributed by atoms with Gasteiger partial charge in [-0.15, -0.1) is 5.10 Å². The van der Waals surface area contributed by atoms with Gasteiger partial charge >= 0.3 is 0 Å². The first-order valence-corrected chi connectivity index (χ1v) is 15.8. The minimum absolute atomic E-state index is 0.0526. The maximum Gasteiger partial charge on any atom is 0.267 e. The standard InChI is InChI=1S/C19H39N4O8PSi/c1-28-32(25,26)31-11-5-4-7-18-17-23(22-21-18)10-13-30-15-14-29-12-8-19(24)20-9-6-16-33(2,3)27/h17,27H,4-16H2,1-3H3,(H,20,24)(H,25,26)/p-1. The zero-order valence-corrected chi connectivity index (χ0v) is 21.8. The van der Waals surface area contributed by atoms with Crippen molar-refractivity contribution in [3.63, 3.8) is 0 Å². The quantitative estimate of drug-likeness (QED) is 0.147. The molecule has 1 atom stereocenters. The second kappa shape index (κ2) is 16.4. The van der Waals surface area contributed by atoms with Gasteiger partial charge in [0.05, 0.1) is 45.3 Å². The van der Waals surface area contributed by atoms with Crippen molar-refractivity contribution in [2.24, 2.45) is 0 Å². The average Bonchev–Trinajstić information content (AvgIpc) is 3.19. The summed E-state index contributed by atoms with van der Waals surface area (Å²) in [5, 5.41) is 10.9. The molecule has 0 aliphatic rings. The number of aromatic nitrogens is 3. The third-order valence-corrected chi connectivity index (χ3v) is 7.01. The number of amides is 1. The maximum absolute atomic E-state index is 11.7. The van der Waals surface area contributed by atoms with Gasteiger partial charge in [-0.25, -0.2) is 4.68 Å². The van der Waals surface area contributed by atoms with E-state index in [0.717, 1.165) is 31.7 Å². The van der Waals surface area contributed by atoms with Crippen molar-refractivity contribution in [2.75, 3.05) is 46.7 Å². The molecule has 1 aromatic rings. The van der Waals surface area contributed by atoms with Crippen LogP contribution in [0.4, 0.5) is 0 Å². The summed E-state index contributed by atoms with van der Waals surface area (Å²) < 4.78 is 32.5. The summed E-state index contributed by atoms with van der Waals surface area (Å²) in [6.07, 6.45) is 4.88. The van der Waals surface area contributed by atoms with Gasteiger partial charge in [0, 0.05) is 26.3 Å². The van der Waals surface area contributed by atoms with Gasteiger partial charge < -0.3 is 33.5 Å². The number of phosphoric acid groups is 1. The summed E-state index contributed by atoms with van der Waals surface area (Å²) in [5.41, 5.74) is 0.816. The molecule has 0 fully saturated rings. The molecule has 33 heavy (non-hydrogen) atoms. The molecule has 0 aromatic carbocycles. The summed E-state index contributed by atoms with van der Waals surface area (Å²) in [6.45, 7) is 6.61. The molecule has 0 saturated carbocycles. The van der Waals surface area contributed by atoms with E-state index in [4.69, 9.17) is 9.47 Å². The minimum Gasteiger partial charge on any atom is -0.756 e. The Morgan fingerprint density at radius 2 is 1.91 bits per heavy atom. The van der Waals surface area contributed by atoms with E-state index < -0.39 is 16.1 Å². The third kappa shape index (κ3) is 17.0. The molecule has 12 nitrogen and oxygen atoms in total. The second-order valence-corrected chi connectivity index (χ2v) is 13.8. The number of nitrogens with one attached hydrogen (secondary N) is 1. The van der Waals surface area contributed by atoms with Crippen molar-refractivity contribution in [1.82, 2.24) is 20.3 Å². The van der Waals surface area contributed by atoms with Crippen LogP contribution in [0.1, 0.15) is 31.4 Å². The molecule has 1 rings (SSSR count). The molecular weight excluding hydrogens is 471 g/mol. The number of hydrogen-bond donors (Lipinski definition) is 2. The molecular formula is C19H38N4O8PSi-. The molecule has 1 unspecified atom stereocenters. The van der Waals surface area contributed by atoms with Crippen molar-refractivity contribution in [1.29, 1.82) is 0 Å². The van der Waals surface area contributed by atoms with Crippen LogP contribution >= 0.6 is 7.82 Å². The summed E-state index contributed by atoms with van der Waals surface area (Å²) in [5.74, 6) is -0.0526. The normalized spacial score (nSPS) is 13.7. The fraction of sp³-hybridized carbons (Fsp3) is 0.842. The number of aryl methyl sites for hydroxylation is 1. The Labute approximate surface area is 196 Å². The maximum atomic E-state index is 11.7. The van der Waals surface area contributed by atoms with E-state index >= 15 is 0 Å². The van der Waals surface area contributed by atoms with Crippen LogP contribution in [0.5, 0.6) is 0 Å². The molecule has 0 aliphatic heterocycles. The summed E-state index contributed by atoms with van der Waals surface area (Å²) >= 11 is 0. The summed E-state index contributed by atoms with van der Waals surface area (Å²) in [7, 11) is -5.12. The first-order chi connectivity index (χ1) is 15.6. The van der Waals surface area contributed by atoms with Gasteiger partial charge in [0.15, 0.2) is 8.32 Å². The van der Waals surface area contributed by atoms with Crippen molar-refractivity contribution in [3.8, 4) is 0 Å². The van der Waals surface area contributed by atoms with Crippen molar-refractivity contribution in [2.45, 2.75) is 57.8 Å². The number of phosphoric ester groups is 1. The number of unbranched alkanes of at least 4 members (excludes halogenated alkanes) is 1. The van der Waals surface area contributed by atoms with Crippen LogP contribution in [-0.2, 0) is 40.8 Å². The van der Waals surface area contributed by atoms with Crippen LogP contribution in [0.25, 0.3) is 0 Å². The monoisotopic (exact) mass is 509 g/mol. The first kappa shape index (κ1) is 29.8. The fourth-order valence-corrected chi connectivity index (χ4v) is 4.18. The van der Waals surface area contributed by atoms with Gasteiger partial charge in [-0.1, -0.05) is 5.21 Å². The van der Waals surface area contributed by atoms with Gasteiger partial charge in [0.2, 0.25) is 5.91 Å². The molecule has 0 radical (unpaired) electrons. The summed E-state index contributed by atoms with van der Waals surface area (Å²) in [6, 6.07) is 0.774. The lowest BCUT2D eigenvalue weighted by Gasteiger charge is -2.19. The number of ether oxygens (including phenoxy) is 2. The zero-order valence-electron chi connectivity index (χ0n) is 19.9. The van der Waals surface area contributed by atoms with E-state index in [1.165, 1.54) is 0 Å². The van der Waals surface area contributed by atoms with Crippen LogP contribution in [0, 0.1) is 0 Å². The van der Waals surface area contributed by atoms with E-state index in [1.807, 2.05) is 19.3 Å². The number of rotatable bonds is 20. The molecule has 1 heterocycles. The van der Waals surface area contributed by atoms with Crippen LogP contribution in [0.2, 0.25) is 19.1 Å². The summed E-state index contributed by atoms with van der Waals surface area (Å²) in [4.78, 5) is 32.5. The number of hydrogen-bond acceptors (Lipinski definition) is 10. The Morgan fingerprint density at radius 1 is 1.18 bits per heavy atom. The third-order valence-electron chi connectivity index (χ3n) is 4.48. The highest BCUT2D eigenvalue weighted by Gasteiger charge is 2.15. The topological polar surface area (TPSA) is 157 Å². The molecule has 14 heteroatoms. The molecule has 192 valence electrons. The number of nitrogens with zero attached hydrogens (tertiary/aromatic N) is 3. The largest absolute Gasteiger partial charge is 0.756 e. The lowest BCUT2D eigenvalue weighted by Crippen LogP contribution is -2.29. The van der Waals surface area contributed by atoms with E-state index in [9.17, 15) is 19.0 Å². The molecule has 0 aliphatic carbocycles. The Bertz CT molecular complexity index is 716. The molecule has 0 spiro atoms. The van der Waals surface area contributed by atoms with E-state index in [2.05, 4.69) is 24.7 Å². The van der Waals surface area contributed by atoms with Crippen LogP contribution in [0.15, 0.2) is 6.20 Å². The Hall–Kier alpha value is -1.18. The molecule has 1 aromatic heterocycles. The van der Waals surface area contributed by atoms with Gasteiger partial charge in [-0.05, 0) is 44.8 Å². The lowest BCUT2D eigenvalue weighted by atomic mass is 10.2. The van der Waals surface area contributed by atoms with Gasteiger partial charge in [0.25, 0.3) is 7.82 Å². The Morgan fingerprint density at radius 3 is 2.61 bits per heavy atom. The molecule has 1 amide bonds. The first-order valence-electron chi connectivity index (χ1n) is 11.2. The molecule has 0 bridgehead atoms. The highest BCUT2D eigenvalue weighted by atomic mass is 31.2. The number of carbonyl (C=O) groups excluding carboxylic acids is 1. The van der Waals surface area contributed by atoms with Crippen molar-refractivity contribution >= 4 is 22.0 Å². The van der Waals surface area contributed by atoms with Crippen LogP contribution in [0.3, 0.4) is 0 Å². The fourth-order valence-electron chi connectivity index (χ4n) is 2.68. The highest BCUT2D eigenvalue weighted by molar-refractivity contribution is 7.45. The van der Waals surface area contributed by atoms with Crippen molar-refractivity contribution < 1.29 is 37.6 Å². The van der Waals surface area contributed by atoms with E-state index in [1.54, 1.807) is 4.68 Å². The molecule has 0 saturated heterocycles. The average molecular weight is 510 g/mol. The van der Waals surface area contributed by atoms with E-state index in [0.29, 0.717) is 58.8 Å². The van der Waals surface area contributed by atoms with Crippen molar-refractivity contribution in [3.05, 3.63) is 11.9 Å². The van der Waals surface area contributed by atoms with Crippen LogP contribution in [-0.4, -0.2) is 80.7 Å². The smallest absolute Gasteiger partial charge is 0.267 e. The number of carbonyl (C=O) groups is 1. The van der Waals surface area contributed by atoms with Gasteiger partial charge in [0.1, 0.15) is 0 Å². The Kier molecular flexibility index (Phi) is 14.9.